The molecule has 3 unspecified atom stereocenters. The van der Waals surface area contributed by atoms with Gasteiger partial charge in [0, 0.05) is 48.1 Å². The minimum absolute atomic E-state index is 0.128. The third-order valence-electron chi connectivity index (χ3n) is 3.72. The molecule has 1 aromatic heterocycles. The molecule has 0 spiro atoms. The van der Waals surface area contributed by atoms with Crippen LogP contribution in [0.15, 0.2) is 10.5 Å². The monoisotopic (exact) mass is 348 g/mol. The average molecular weight is 349 g/mol. The van der Waals surface area contributed by atoms with Gasteiger partial charge in [-0.2, -0.15) is 0 Å². The van der Waals surface area contributed by atoms with Crippen molar-refractivity contribution in [1.82, 2.24) is 4.90 Å². The van der Waals surface area contributed by atoms with Crippen LogP contribution in [-0.4, -0.2) is 51.0 Å². The highest BCUT2D eigenvalue weighted by molar-refractivity contribution is 9.10. The molecule has 4 nitrogen and oxygen atoms in total. The Kier molecular flexibility index (Phi) is 5.39. The Bertz CT molecular complexity index is 395. The lowest BCUT2D eigenvalue weighted by Gasteiger charge is -2.25. The summed E-state index contributed by atoms with van der Waals surface area (Å²) in [5.74, 6) is 0. The molecule has 3 atom stereocenters. The molecule has 2 N–H and O–H groups in total. The van der Waals surface area contributed by atoms with Crippen LogP contribution in [0.5, 0.6) is 0 Å². The molecule has 0 saturated carbocycles. The Morgan fingerprint density at radius 3 is 2.37 bits per heavy atom. The molecule has 0 radical (unpaired) electrons. The summed E-state index contributed by atoms with van der Waals surface area (Å²) in [6.45, 7) is 4.46. The molecule has 19 heavy (non-hydrogen) atoms. The Balaban J connectivity index is 2.14. The van der Waals surface area contributed by atoms with E-state index in [1.54, 1.807) is 25.6 Å². The van der Waals surface area contributed by atoms with Gasteiger partial charge in [0.1, 0.15) is 0 Å². The number of ether oxygens (including phenoxy) is 2. The van der Waals surface area contributed by atoms with Gasteiger partial charge >= 0.3 is 0 Å². The standard InChI is InChI=1S/C13H21BrN2O2S/c1-8-9(14)4-13(19-8)10(5-15)16-6-11(17-2)12(7-16)18-3/h4,10-12H,5-7,15H2,1-3H3. The molecule has 0 amide bonds. The van der Waals surface area contributed by atoms with Crippen molar-refractivity contribution in [2.24, 2.45) is 5.73 Å². The summed E-state index contributed by atoms with van der Waals surface area (Å²) in [4.78, 5) is 4.96. The van der Waals surface area contributed by atoms with Crippen LogP contribution >= 0.6 is 27.3 Å². The van der Waals surface area contributed by atoms with Crippen LogP contribution in [0.2, 0.25) is 0 Å². The van der Waals surface area contributed by atoms with E-state index in [0.717, 1.165) is 17.6 Å². The summed E-state index contributed by atoms with van der Waals surface area (Å²) in [5.41, 5.74) is 5.99. The minimum atomic E-state index is 0.128. The van der Waals surface area contributed by atoms with E-state index in [-0.39, 0.29) is 18.2 Å². The van der Waals surface area contributed by atoms with Crippen molar-refractivity contribution >= 4 is 27.3 Å². The van der Waals surface area contributed by atoms with Gasteiger partial charge in [0.25, 0.3) is 0 Å². The van der Waals surface area contributed by atoms with Gasteiger partial charge in [-0.05, 0) is 28.9 Å². The summed E-state index contributed by atoms with van der Waals surface area (Å²) in [5, 5.41) is 0. The number of hydrogen-bond acceptors (Lipinski definition) is 5. The van der Waals surface area contributed by atoms with Crippen molar-refractivity contribution in [3.8, 4) is 0 Å². The lowest BCUT2D eigenvalue weighted by Crippen LogP contribution is -2.32. The highest BCUT2D eigenvalue weighted by Gasteiger charge is 2.37. The fourth-order valence-corrected chi connectivity index (χ4v) is 4.28. The molecule has 0 aliphatic carbocycles. The smallest absolute Gasteiger partial charge is 0.0972 e. The quantitative estimate of drug-likeness (QED) is 0.885. The molecule has 1 aromatic rings. The summed E-state index contributed by atoms with van der Waals surface area (Å²) in [6.07, 6.45) is 0.257. The highest BCUT2D eigenvalue weighted by Crippen LogP contribution is 2.35. The minimum Gasteiger partial charge on any atom is -0.377 e. The van der Waals surface area contributed by atoms with E-state index in [1.807, 2.05) is 0 Å². The first-order valence-electron chi connectivity index (χ1n) is 6.36. The number of likely N-dealkylation sites (tertiary alicyclic amines) is 1. The van der Waals surface area contributed by atoms with Gasteiger partial charge in [-0.25, -0.2) is 0 Å². The second-order valence-corrected chi connectivity index (χ2v) is 6.95. The molecule has 108 valence electrons. The largest absolute Gasteiger partial charge is 0.377 e. The van der Waals surface area contributed by atoms with Gasteiger partial charge in [0.2, 0.25) is 0 Å². The van der Waals surface area contributed by atoms with E-state index in [9.17, 15) is 0 Å². The van der Waals surface area contributed by atoms with E-state index in [0.29, 0.717) is 6.54 Å². The number of nitrogens with two attached hydrogens (primary N) is 1. The molecule has 1 aliphatic heterocycles. The molecule has 0 aromatic carbocycles. The average Bonchev–Trinajstić information content (AvgIpc) is 2.95. The van der Waals surface area contributed by atoms with Crippen LogP contribution in [0.25, 0.3) is 0 Å². The molecular weight excluding hydrogens is 328 g/mol. The van der Waals surface area contributed by atoms with Gasteiger partial charge in [-0.15, -0.1) is 11.3 Å². The Hall–Kier alpha value is 0.0200. The molecule has 0 bridgehead atoms. The van der Waals surface area contributed by atoms with E-state index < -0.39 is 0 Å². The Morgan fingerprint density at radius 1 is 1.42 bits per heavy atom. The Labute approximate surface area is 127 Å². The van der Waals surface area contributed by atoms with Gasteiger partial charge in [-0.1, -0.05) is 0 Å². The number of thiophene rings is 1. The lowest BCUT2D eigenvalue weighted by atomic mass is 10.2. The van der Waals surface area contributed by atoms with E-state index in [4.69, 9.17) is 15.2 Å². The first-order valence-corrected chi connectivity index (χ1v) is 7.97. The molecule has 6 heteroatoms. The molecule has 1 saturated heterocycles. The van der Waals surface area contributed by atoms with Gasteiger partial charge in [0.15, 0.2) is 0 Å². The van der Waals surface area contributed by atoms with Gasteiger partial charge in [0.05, 0.1) is 18.2 Å². The van der Waals surface area contributed by atoms with E-state index in [2.05, 4.69) is 33.8 Å². The second kappa shape index (κ2) is 6.65. The topological polar surface area (TPSA) is 47.7 Å². The zero-order valence-electron chi connectivity index (χ0n) is 11.6. The number of halogens is 1. The number of rotatable bonds is 5. The van der Waals surface area contributed by atoms with Gasteiger partial charge in [-0.3, -0.25) is 4.90 Å². The molecule has 1 aliphatic rings. The number of hydrogen-bond donors (Lipinski definition) is 1. The van der Waals surface area contributed by atoms with E-state index >= 15 is 0 Å². The van der Waals surface area contributed by atoms with Crippen LogP contribution in [0, 0.1) is 6.92 Å². The normalized spacial score (nSPS) is 25.9. The summed E-state index contributed by atoms with van der Waals surface area (Å²) < 4.78 is 12.1. The SMILES string of the molecule is COC1CN(C(CN)c2cc(Br)c(C)s2)CC1OC. The maximum Gasteiger partial charge on any atom is 0.0972 e. The molecular formula is C13H21BrN2O2S. The molecule has 2 heterocycles. The van der Waals surface area contributed by atoms with Crippen molar-refractivity contribution in [2.75, 3.05) is 33.9 Å². The van der Waals surface area contributed by atoms with Crippen LogP contribution in [-0.2, 0) is 9.47 Å². The lowest BCUT2D eigenvalue weighted by molar-refractivity contribution is -0.00461. The van der Waals surface area contributed by atoms with E-state index in [1.165, 1.54) is 9.75 Å². The zero-order valence-corrected chi connectivity index (χ0v) is 14.0. The predicted molar refractivity (Wildman–Crippen MR) is 81.7 cm³/mol. The zero-order chi connectivity index (χ0) is 14.0. The maximum absolute atomic E-state index is 5.99. The van der Waals surface area contributed by atoms with Crippen molar-refractivity contribution in [3.63, 3.8) is 0 Å². The van der Waals surface area contributed by atoms with Crippen LogP contribution < -0.4 is 5.73 Å². The number of aryl methyl sites for hydroxylation is 1. The van der Waals surface area contributed by atoms with Crippen molar-refractivity contribution in [2.45, 2.75) is 25.2 Å². The van der Waals surface area contributed by atoms with Crippen molar-refractivity contribution in [3.05, 3.63) is 20.3 Å². The first kappa shape index (κ1) is 15.4. The predicted octanol–water partition coefficient (Wildman–Crippen LogP) is 2.16. The van der Waals surface area contributed by atoms with Crippen LogP contribution in [0.3, 0.4) is 0 Å². The van der Waals surface area contributed by atoms with Crippen LogP contribution in [0.1, 0.15) is 15.8 Å². The first-order chi connectivity index (χ1) is 9.10. The summed E-state index contributed by atoms with van der Waals surface area (Å²) in [6, 6.07) is 2.42. The van der Waals surface area contributed by atoms with Gasteiger partial charge < -0.3 is 15.2 Å². The Morgan fingerprint density at radius 2 is 2.00 bits per heavy atom. The second-order valence-electron chi connectivity index (χ2n) is 4.81. The van der Waals surface area contributed by atoms with Crippen molar-refractivity contribution < 1.29 is 9.47 Å². The molecule has 2 rings (SSSR count). The van der Waals surface area contributed by atoms with Crippen LogP contribution in [0.4, 0.5) is 0 Å². The maximum atomic E-state index is 5.99. The summed E-state index contributed by atoms with van der Waals surface area (Å²) >= 11 is 5.38. The fraction of sp³-hybridized carbons (Fsp3) is 0.692. The number of methoxy groups -OCH3 is 2. The molecule has 1 fully saturated rings. The highest BCUT2D eigenvalue weighted by atomic mass is 79.9. The van der Waals surface area contributed by atoms with Crippen molar-refractivity contribution in [1.29, 1.82) is 0 Å². The fourth-order valence-electron chi connectivity index (χ4n) is 2.57. The third-order valence-corrected chi connectivity index (χ3v) is 5.96. The summed E-state index contributed by atoms with van der Waals surface area (Å²) in [7, 11) is 3.48. The third kappa shape index (κ3) is 3.20. The number of nitrogens with zero attached hydrogens (tertiary/aromatic N) is 1.